The summed E-state index contributed by atoms with van der Waals surface area (Å²) in [6.07, 6.45) is 0. The van der Waals surface area contributed by atoms with E-state index in [9.17, 15) is 0 Å². The molecule has 0 rings (SSSR count). The van der Waals surface area contributed by atoms with Gasteiger partial charge in [0.15, 0.2) is 0 Å². The van der Waals surface area contributed by atoms with E-state index in [1.165, 1.54) is 0 Å². The summed E-state index contributed by atoms with van der Waals surface area (Å²) >= 11 is 0. The molecule has 13 heavy (non-hydrogen) atoms. The number of halogens is 2. The van der Waals surface area contributed by atoms with Crippen LogP contribution in [0.25, 0.3) is 0 Å². The van der Waals surface area contributed by atoms with Gasteiger partial charge in [-0.3, -0.25) is 0 Å². The Kier molecular flexibility index (Phi) is 145. The molecule has 0 aromatic heterocycles. The van der Waals surface area contributed by atoms with E-state index in [4.69, 9.17) is 28.0 Å². The molecule has 8 N–H and O–H groups in total. The maximum absolute atomic E-state index is 8.41. The maximum Gasteiger partial charge on any atom is 2.00 e. The Hall–Kier alpha value is 0.803. The molecule has 84 valence electrons. The second kappa shape index (κ2) is 38.5. The second-order valence-corrected chi connectivity index (χ2v) is 1.13. The molecular formula is H8Cl2O10Zn. The quantitative estimate of drug-likeness (QED) is 0.391. The Morgan fingerprint density at radius 1 is 0.462 bits per heavy atom. The molecule has 0 bridgehead atoms. The van der Waals surface area contributed by atoms with Crippen molar-refractivity contribution in [3.8, 4) is 0 Å². The molecule has 0 saturated carbocycles. The molecular weight excluding hydrogens is 296 g/mol. The van der Waals surface area contributed by atoms with Crippen molar-refractivity contribution >= 4 is 0 Å². The van der Waals surface area contributed by atoms with E-state index in [1.54, 1.807) is 0 Å². The Bertz CT molecular complexity index is 28.4. The summed E-state index contributed by atoms with van der Waals surface area (Å²) in [5.74, 6) is 0. The first kappa shape index (κ1) is 48.9. The predicted molar refractivity (Wildman–Crippen MR) is 14.5 cm³/mol. The van der Waals surface area contributed by atoms with Crippen molar-refractivity contribution in [2.45, 2.75) is 0 Å². The minimum absolute atomic E-state index is 0. The van der Waals surface area contributed by atoms with E-state index in [0.29, 0.717) is 0 Å². The molecule has 10 nitrogen and oxygen atoms in total. The van der Waals surface area contributed by atoms with Crippen molar-refractivity contribution in [3.05, 3.63) is 0 Å². The normalized spacial score (nSPS) is 5.54. The zero-order chi connectivity index (χ0) is 7.15. The predicted octanol–water partition coefficient (Wildman–Crippen LogP) is -10.4. The van der Waals surface area contributed by atoms with Crippen LogP contribution in [0.3, 0.4) is 0 Å². The zero-order valence-electron chi connectivity index (χ0n) is 5.91. The monoisotopic (exact) mass is 302 g/mol. The Balaban J connectivity index is -0.00000000800. The smallest absolute Gasteiger partial charge is 0.412 e. The summed E-state index contributed by atoms with van der Waals surface area (Å²) in [5.41, 5.74) is 0. The molecule has 13 heteroatoms. The van der Waals surface area contributed by atoms with E-state index in [1.807, 2.05) is 0 Å². The van der Waals surface area contributed by atoms with Crippen LogP contribution in [0.4, 0.5) is 0 Å². The van der Waals surface area contributed by atoms with Crippen molar-refractivity contribution in [1.29, 1.82) is 0 Å². The van der Waals surface area contributed by atoms with Gasteiger partial charge in [0.2, 0.25) is 0 Å². The summed E-state index contributed by atoms with van der Waals surface area (Å²) < 4.78 is 50.4. The fourth-order valence-corrected chi connectivity index (χ4v) is 0. The third-order valence-electron chi connectivity index (χ3n) is 0. The summed E-state index contributed by atoms with van der Waals surface area (Å²) in [6.45, 7) is 0. The average Bonchev–Trinajstić information content (AvgIpc) is 1.25. The van der Waals surface area contributed by atoms with Crippen LogP contribution >= 0.6 is 0 Å². The van der Waals surface area contributed by atoms with Gasteiger partial charge >= 0.3 is 19.5 Å². The molecule has 0 spiro atoms. The fourth-order valence-electron chi connectivity index (χ4n) is 0. The third-order valence-corrected chi connectivity index (χ3v) is 0. The molecule has 0 aliphatic heterocycles. The van der Waals surface area contributed by atoms with Crippen LogP contribution in [-0.4, -0.2) is 21.9 Å². The van der Waals surface area contributed by atoms with Crippen LogP contribution in [-0.2, 0) is 19.5 Å². The average molecular weight is 304 g/mol. The summed E-state index contributed by atoms with van der Waals surface area (Å²) in [4.78, 5) is 0. The summed E-state index contributed by atoms with van der Waals surface area (Å²) in [6, 6.07) is 0. The molecule has 0 aliphatic rings. The van der Waals surface area contributed by atoms with Crippen molar-refractivity contribution in [2.24, 2.45) is 0 Å². The van der Waals surface area contributed by atoms with Crippen LogP contribution < -0.4 is 28.0 Å². The Morgan fingerprint density at radius 2 is 0.462 bits per heavy atom. The van der Waals surface area contributed by atoms with Crippen molar-refractivity contribution in [2.75, 3.05) is 0 Å². The van der Waals surface area contributed by atoms with E-state index < -0.39 is 21.6 Å². The number of rotatable bonds is 0. The SMILES string of the molecule is O.O.O.O.[O-][Cl+2]([O-])[O-].[O-][Cl+2]([O-])[O-].[Zn+2]. The van der Waals surface area contributed by atoms with Gasteiger partial charge in [-0.15, -0.1) is 0 Å². The van der Waals surface area contributed by atoms with Gasteiger partial charge in [0.25, 0.3) is 0 Å². The van der Waals surface area contributed by atoms with E-state index in [0.717, 1.165) is 0 Å². The fraction of sp³-hybridized carbons (Fsp3) is 0. The molecule has 0 aromatic rings. The van der Waals surface area contributed by atoms with E-state index in [2.05, 4.69) is 0 Å². The molecule has 0 atom stereocenters. The molecule has 0 aromatic carbocycles. The van der Waals surface area contributed by atoms with Gasteiger partial charge in [-0.25, -0.2) is 0 Å². The molecule has 0 fully saturated rings. The van der Waals surface area contributed by atoms with E-state index in [-0.39, 0.29) is 41.4 Å². The van der Waals surface area contributed by atoms with Crippen LogP contribution in [0.1, 0.15) is 0 Å². The van der Waals surface area contributed by atoms with Gasteiger partial charge in [0, 0.05) is 0 Å². The van der Waals surface area contributed by atoms with Gasteiger partial charge in [-0.2, -0.15) is 0 Å². The van der Waals surface area contributed by atoms with Gasteiger partial charge in [-0.05, 0) is 0 Å². The second-order valence-electron chi connectivity index (χ2n) is 0.378. The van der Waals surface area contributed by atoms with Crippen LogP contribution in [0.15, 0.2) is 0 Å². The molecule has 0 aliphatic carbocycles. The largest absolute Gasteiger partial charge is 2.00 e. The van der Waals surface area contributed by atoms with Gasteiger partial charge in [-0.1, -0.05) is 0 Å². The van der Waals surface area contributed by atoms with Crippen molar-refractivity contribution in [3.63, 3.8) is 0 Å². The Labute approximate surface area is 91.2 Å². The van der Waals surface area contributed by atoms with Gasteiger partial charge in [0.05, 0.1) is 21.6 Å². The van der Waals surface area contributed by atoms with Gasteiger partial charge in [0.1, 0.15) is 0 Å². The maximum atomic E-state index is 8.41. The summed E-state index contributed by atoms with van der Waals surface area (Å²) in [5, 5.41) is 0. The molecule has 0 radical (unpaired) electrons. The first-order valence-corrected chi connectivity index (χ1v) is 2.78. The van der Waals surface area contributed by atoms with Crippen molar-refractivity contribution < 1.29 is 90.9 Å². The molecule has 0 unspecified atom stereocenters. The number of hydrogen-bond donors (Lipinski definition) is 0. The molecule has 0 amide bonds. The Morgan fingerprint density at radius 3 is 0.462 bits per heavy atom. The van der Waals surface area contributed by atoms with Crippen LogP contribution in [0.5, 0.6) is 0 Å². The third kappa shape index (κ3) is 2320. The van der Waals surface area contributed by atoms with E-state index >= 15 is 0 Å². The number of hydrogen-bond acceptors (Lipinski definition) is 6. The zero-order valence-corrected chi connectivity index (χ0v) is 10.4. The van der Waals surface area contributed by atoms with Gasteiger partial charge < -0.3 is 49.9 Å². The minimum Gasteiger partial charge on any atom is -0.412 e. The molecule has 0 saturated heterocycles. The first-order valence-electron chi connectivity index (χ1n) is 0.926. The topological polar surface area (TPSA) is 264 Å². The standard InChI is InChI=1S/2ClO3.4H2O.Zn/c2*2-1(3)4;;;;;/h;;4*1H2;/q2*-1;;;;;+2. The first-order chi connectivity index (χ1) is 3.46. The van der Waals surface area contributed by atoms with Crippen molar-refractivity contribution in [1.82, 2.24) is 0 Å². The summed E-state index contributed by atoms with van der Waals surface area (Å²) in [7, 11) is -5.70. The van der Waals surface area contributed by atoms with Crippen LogP contribution in [0.2, 0.25) is 0 Å². The molecule has 0 heterocycles. The minimum atomic E-state index is -2.85. The van der Waals surface area contributed by atoms with Crippen LogP contribution in [0, 0.1) is 21.6 Å².